The van der Waals surface area contributed by atoms with E-state index in [-0.39, 0.29) is 5.56 Å². The largest absolute Gasteiger partial charge is 0.385 e. The van der Waals surface area contributed by atoms with Crippen molar-refractivity contribution < 1.29 is 13.9 Å². The lowest BCUT2D eigenvalue weighted by atomic mass is 9.86. The number of halogens is 2. The maximum Gasteiger partial charge on any atom is 0.132 e. The summed E-state index contributed by atoms with van der Waals surface area (Å²) in [5.74, 6) is -1.26. The second-order valence-corrected chi connectivity index (χ2v) is 5.64. The molecule has 1 unspecified atom stereocenters. The van der Waals surface area contributed by atoms with Crippen LogP contribution in [0.5, 0.6) is 0 Å². The van der Waals surface area contributed by atoms with Crippen molar-refractivity contribution in [3.63, 3.8) is 0 Å². The number of rotatable bonds is 2. The third kappa shape index (κ3) is 3.12. The van der Waals surface area contributed by atoms with Crippen LogP contribution in [0.15, 0.2) is 18.2 Å². The predicted octanol–water partition coefficient (Wildman–Crippen LogP) is 3.05. The van der Waals surface area contributed by atoms with Crippen molar-refractivity contribution in [2.75, 3.05) is 13.1 Å². The van der Waals surface area contributed by atoms with Crippen LogP contribution in [0.4, 0.5) is 8.78 Å². The highest BCUT2D eigenvalue weighted by molar-refractivity contribution is 5.25. The Kier molecular flexibility index (Phi) is 4.21. The van der Waals surface area contributed by atoms with Crippen LogP contribution >= 0.6 is 0 Å². The van der Waals surface area contributed by atoms with E-state index in [0.29, 0.717) is 18.9 Å². The Hall–Kier alpha value is -1.00. The van der Waals surface area contributed by atoms with Crippen molar-refractivity contribution in [1.29, 1.82) is 0 Å². The molecule has 0 bridgehead atoms. The molecule has 0 amide bonds. The molecule has 1 aliphatic rings. The van der Waals surface area contributed by atoms with Gasteiger partial charge in [0.15, 0.2) is 0 Å². The summed E-state index contributed by atoms with van der Waals surface area (Å²) >= 11 is 0. The second kappa shape index (κ2) is 5.55. The zero-order chi connectivity index (χ0) is 14.0. The topological polar surface area (TPSA) is 23.5 Å². The monoisotopic (exact) mass is 269 g/mol. The molecule has 1 aromatic rings. The van der Waals surface area contributed by atoms with Gasteiger partial charge in [0.05, 0.1) is 5.60 Å². The summed E-state index contributed by atoms with van der Waals surface area (Å²) in [6.07, 6.45) is 1.80. The van der Waals surface area contributed by atoms with E-state index < -0.39 is 17.2 Å². The fourth-order valence-corrected chi connectivity index (χ4v) is 2.79. The molecule has 2 rings (SSSR count). The summed E-state index contributed by atoms with van der Waals surface area (Å²) < 4.78 is 26.8. The molecule has 1 atom stereocenters. The second-order valence-electron chi connectivity index (χ2n) is 5.64. The van der Waals surface area contributed by atoms with Crippen LogP contribution < -0.4 is 0 Å². The van der Waals surface area contributed by atoms with E-state index in [0.717, 1.165) is 25.6 Å². The number of nitrogens with zero attached hydrogens (tertiary/aromatic N) is 1. The number of aliphatic hydroxyl groups is 1. The molecule has 1 N–H and O–H groups in total. The van der Waals surface area contributed by atoms with Crippen molar-refractivity contribution in [2.24, 2.45) is 0 Å². The average Bonchev–Trinajstić information content (AvgIpc) is 2.51. The van der Waals surface area contributed by atoms with Gasteiger partial charge in [0.1, 0.15) is 11.6 Å². The van der Waals surface area contributed by atoms with Gasteiger partial charge in [-0.3, -0.25) is 0 Å². The van der Waals surface area contributed by atoms with Crippen LogP contribution in [0, 0.1) is 11.6 Å². The molecular weight excluding hydrogens is 248 g/mol. The number of hydrogen-bond acceptors (Lipinski definition) is 2. The standard InChI is InChI=1S/C15H21F2NO/c1-11(2)18-8-3-6-15(19,7-9-18)13-5-4-12(16)10-14(13)17/h4-5,10-11,19H,3,6-9H2,1-2H3. The molecule has 1 heterocycles. The molecular formula is C15H21F2NO. The van der Waals surface area contributed by atoms with Crippen LogP contribution in [0.3, 0.4) is 0 Å². The zero-order valence-electron chi connectivity index (χ0n) is 11.5. The van der Waals surface area contributed by atoms with Gasteiger partial charge in [-0.1, -0.05) is 6.07 Å². The maximum absolute atomic E-state index is 13.9. The lowest BCUT2D eigenvalue weighted by molar-refractivity contribution is 0.0169. The van der Waals surface area contributed by atoms with Gasteiger partial charge in [0.2, 0.25) is 0 Å². The van der Waals surface area contributed by atoms with Gasteiger partial charge in [-0.15, -0.1) is 0 Å². The fraction of sp³-hybridized carbons (Fsp3) is 0.600. The molecule has 19 heavy (non-hydrogen) atoms. The Morgan fingerprint density at radius 3 is 2.58 bits per heavy atom. The first kappa shape index (κ1) is 14.4. The molecule has 1 aromatic carbocycles. The number of benzene rings is 1. The average molecular weight is 269 g/mol. The molecule has 0 aromatic heterocycles. The summed E-state index contributed by atoms with van der Waals surface area (Å²) in [5, 5.41) is 10.7. The molecule has 1 aliphatic heterocycles. The number of likely N-dealkylation sites (tertiary alicyclic amines) is 1. The van der Waals surface area contributed by atoms with Crippen LogP contribution in [-0.2, 0) is 5.60 Å². The molecule has 0 aliphatic carbocycles. The van der Waals surface area contributed by atoms with Gasteiger partial charge in [0.25, 0.3) is 0 Å². The minimum absolute atomic E-state index is 0.222. The molecule has 1 fully saturated rings. The summed E-state index contributed by atoms with van der Waals surface area (Å²) in [5.41, 5.74) is -0.957. The van der Waals surface area contributed by atoms with Gasteiger partial charge in [-0.25, -0.2) is 8.78 Å². The third-order valence-corrected chi connectivity index (χ3v) is 4.01. The molecule has 0 saturated carbocycles. The van der Waals surface area contributed by atoms with Gasteiger partial charge < -0.3 is 10.0 Å². The van der Waals surface area contributed by atoms with E-state index in [2.05, 4.69) is 18.7 Å². The minimum atomic E-state index is -1.18. The smallest absolute Gasteiger partial charge is 0.132 e. The molecule has 1 saturated heterocycles. The fourth-order valence-electron chi connectivity index (χ4n) is 2.79. The van der Waals surface area contributed by atoms with Crippen LogP contribution in [0.2, 0.25) is 0 Å². The lowest BCUT2D eigenvalue weighted by Crippen LogP contribution is -2.33. The predicted molar refractivity (Wildman–Crippen MR) is 70.8 cm³/mol. The number of hydrogen-bond donors (Lipinski definition) is 1. The zero-order valence-corrected chi connectivity index (χ0v) is 11.5. The normalized spacial score (nSPS) is 25.6. The molecule has 0 radical (unpaired) electrons. The molecule has 4 heteroatoms. The van der Waals surface area contributed by atoms with E-state index in [1.165, 1.54) is 12.1 Å². The van der Waals surface area contributed by atoms with Gasteiger partial charge >= 0.3 is 0 Å². The Morgan fingerprint density at radius 2 is 1.95 bits per heavy atom. The molecule has 0 spiro atoms. The summed E-state index contributed by atoms with van der Waals surface area (Å²) in [4.78, 5) is 2.28. The van der Waals surface area contributed by atoms with Gasteiger partial charge in [0, 0.05) is 24.2 Å². The highest BCUT2D eigenvalue weighted by atomic mass is 19.1. The minimum Gasteiger partial charge on any atom is -0.385 e. The van der Waals surface area contributed by atoms with Crippen molar-refractivity contribution in [3.05, 3.63) is 35.4 Å². The van der Waals surface area contributed by atoms with Gasteiger partial charge in [-0.05, 0) is 45.7 Å². The first-order chi connectivity index (χ1) is 8.92. The van der Waals surface area contributed by atoms with Crippen LogP contribution in [0.25, 0.3) is 0 Å². The van der Waals surface area contributed by atoms with E-state index in [9.17, 15) is 13.9 Å². The van der Waals surface area contributed by atoms with E-state index >= 15 is 0 Å². The molecule has 106 valence electrons. The Morgan fingerprint density at radius 1 is 1.21 bits per heavy atom. The lowest BCUT2D eigenvalue weighted by Gasteiger charge is -2.28. The third-order valence-electron chi connectivity index (χ3n) is 4.01. The van der Waals surface area contributed by atoms with E-state index in [1.54, 1.807) is 0 Å². The van der Waals surface area contributed by atoms with Crippen LogP contribution in [-0.4, -0.2) is 29.1 Å². The van der Waals surface area contributed by atoms with Crippen LogP contribution in [0.1, 0.15) is 38.7 Å². The Labute approximate surface area is 113 Å². The van der Waals surface area contributed by atoms with Crippen molar-refractivity contribution >= 4 is 0 Å². The first-order valence-corrected chi connectivity index (χ1v) is 6.84. The summed E-state index contributed by atoms with van der Waals surface area (Å²) in [6.45, 7) is 5.86. The first-order valence-electron chi connectivity index (χ1n) is 6.84. The Bertz CT molecular complexity index is 450. The summed E-state index contributed by atoms with van der Waals surface area (Å²) in [7, 11) is 0. The van der Waals surface area contributed by atoms with Crippen molar-refractivity contribution in [3.8, 4) is 0 Å². The van der Waals surface area contributed by atoms with Crippen molar-refractivity contribution in [1.82, 2.24) is 4.90 Å². The van der Waals surface area contributed by atoms with Crippen molar-refractivity contribution in [2.45, 2.75) is 44.8 Å². The Balaban J connectivity index is 2.22. The molecule has 2 nitrogen and oxygen atoms in total. The maximum atomic E-state index is 13.9. The highest BCUT2D eigenvalue weighted by Crippen LogP contribution is 2.34. The highest BCUT2D eigenvalue weighted by Gasteiger charge is 2.34. The van der Waals surface area contributed by atoms with E-state index in [4.69, 9.17) is 0 Å². The quantitative estimate of drug-likeness (QED) is 0.892. The van der Waals surface area contributed by atoms with Gasteiger partial charge in [-0.2, -0.15) is 0 Å². The van der Waals surface area contributed by atoms with E-state index in [1.807, 2.05) is 0 Å². The SMILES string of the molecule is CC(C)N1CCCC(O)(c2ccc(F)cc2F)CC1. The summed E-state index contributed by atoms with van der Waals surface area (Å²) in [6, 6.07) is 3.84.